The molecular formula is C19H18F2N2O2. The Morgan fingerprint density at radius 2 is 1.88 bits per heavy atom. The van der Waals surface area contributed by atoms with Gasteiger partial charge in [0.25, 0.3) is 0 Å². The van der Waals surface area contributed by atoms with E-state index in [-0.39, 0.29) is 18.5 Å². The molecule has 0 saturated heterocycles. The van der Waals surface area contributed by atoms with Gasteiger partial charge in [-0.25, -0.2) is 13.8 Å². The van der Waals surface area contributed by atoms with Crippen LogP contribution in [0.4, 0.5) is 8.78 Å². The lowest BCUT2D eigenvalue weighted by atomic mass is 10.0. The van der Waals surface area contributed by atoms with Crippen LogP contribution in [0.25, 0.3) is 11.5 Å². The molecule has 0 aliphatic carbocycles. The zero-order valence-electron chi connectivity index (χ0n) is 13.5. The van der Waals surface area contributed by atoms with Gasteiger partial charge in [0.15, 0.2) is 11.6 Å². The standard InChI is InChI=1S/C19H18F2N2O2/c20-16-7-6-14(10-17(16)21)19-23-15(12-25-19)11-22-18(8-9-24)13-4-2-1-3-5-13/h1-7,10,12,18,22,24H,8-9,11H2. The first-order valence-corrected chi connectivity index (χ1v) is 7.96. The van der Waals surface area contributed by atoms with Crippen molar-refractivity contribution in [2.24, 2.45) is 0 Å². The molecule has 0 fully saturated rings. The predicted octanol–water partition coefficient (Wildman–Crippen LogP) is 3.83. The van der Waals surface area contributed by atoms with Crippen LogP contribution in [-0.4, -0.2) is 16.7 Å². The number of aliphatic hydroxyl groups is 1. The topological polar surface area (TPSA) is 58.3 Å². The van der Waals surface area contributed by atoms with E-state index < -0.39 is 11.6 Å². The first-order chi connectivity index (χ1) is 12.2. The van der Waals surface area contributed by atoms with Crippen LogP contribution in [0.2, 0.25) is 0 Å². The summed E-state index contributed by atoms with van der Waals surface area (Å²) in [4.78, 5) is 4.30. The summed E-state index contributed by atoms with van der Waals surface area (Å²) in [5, 5.41) is 12.6. The fourth-order valence-corrected chi connectivity index (χ4v) is 2.58. The van der Waals surface area contributed by atoms with Crippen LogP contribution >= 0.6 is 0 Å². The van der Waals surface area contributed by atoms with Crippen molar-refractivity contribution in [1.29, 1.82) is 0 Å². The Bertz CT molecular complexity index is 821. The molecule has 1 atom stereocenters. The third-order valence-electron chi connectivity index (χ3n) is 3.87. The Kier molecular flexibility index (Phi) is 5.53. The van der Waals surface area contributed by atoms with Crippen LogP contribution in [0.3, 0.4) is 0 Å². The highest BCUT2D eigenvalue weighted by Crippen LogP contribution is 2.22. The molecule has 1 heterocycles. The molecule has 3 rings (SSSR count). The van der Waals surface area contributed by atoms with Crippen molar-refractivity contribution in [3.05, 3.63) is 77.7 Å². The number of nitrogens with one attached hydrogen (secondary N) is 1. The highest BCUT2D eigenvalue weighted by molar-refractivity contribution is 5.53. The van der Waals surface area contributed by atoms with E-state index in [1.165, 1.54) is 12.3 Å². The van der Waals surface area contributed by atoms with Crippen LogP contribution in [0, 0.1) is 11.6 Å². The number of benzene rings is 2. The number of hydrogen-bond donors (Lipinski definition) is 2. The average Bonchev–Trinajstić information content (AvgIpc) is 3.11. The zero-order valence-corrected chi connectivity index (χ0v) is 13.5. The fourth-order valence-electron chi connectivity index (χ4n) is 2.58. The second-order valence-electron chi connectivity index (χ2n) is 5.63. The molecule has 2 aromatic carbocycles. The van der Waals surface area contributed by atoms with E-state index in [4.69, 9.17) is 4.42 Å². The van der Waals surface area contributed by atoms with E-state index in [1.807, 2.05) is 30.3 Å². The van der Waals surface area contributed by atoms with Crippen LogP contribution in [-0.2, 0) is 6.54 Å². The minimum atomic E-state index is -0.942. The largest absolute Gasteiger partial charge is 0.444 e. The summed E-state index contributed by atoms with van der Waals surface area (Å²) in [6.07, 6.45) is 2.04. The molecule has 0 aliphatic rings. The molecule has 1 aromatic heterocycles. The molecule has 0 spiro atoms. The van der Waals surface area contributed by atoms with Crippen molar-refractivity contribution in [3.63, 3.8) is 0 Å². The maximum absolute atomic E-state index is 13.3. The molecule has 0 radical (unpaired) electrons. The van der Waals surface area contributed by atoms with Gasteiger partial charge in [-0.05, 0) is 30.2 Å². The molecule has 0 bridgehead atoms. The molecule has 25 heavy (non-hydrogen) atoms. The van der Waals surface area contributed by atoms with Crippen molar-refractivity contribution >= 4 is 0 Å². The van der Waals surface area contributed by atoms with Gasteiger partial charge < -0.3 is 14.8 Å². The second kappa shape index (κ2) is 8.00. The summed E-state index contributed by atoms with van der Waals surface area (Å²) >= 11 is 0. The normalized spacial score (nSPS) is 12.3. The van der Waals surface area contributed by atoms with E-state index >= 15 is 0 Å². The van der Waals surface area contributed by atoms with Crippen molar-refractivity contribution in [2.75, 3.05) is 6.61 Å². The summed E-state index contributed by atoms with van der Waals surface area (Å²) in [6, 6.07) is 13.3. The minimum absolute atomic E-state index is 0.0189. The van der Waals surface area contributed by atoms with Gasteiger partial charge in [-0.15, -0.1) is 0 Å². The Morgan fingerprint density at radius 3 is 2.60 bits per heavy atom. The first-order valence-electron chi connectivity index (χ1n) is 7.96. The van der Waals surface area contributed by atoms with Gasteiger partial charge >= 0.3 is 0 Å². The van der Waals surface area contributed by atoms with Crippen molar-refractivity contribution in [2.45, 2.75) is 19.0 Å². The molecular weight excluding hydrogens is 326 g/mol. The molecule has 4 nitrogen and oxygen atoms in total. The van der Waals surface area contributed by atoms with E-state index in [9.17, 15) is 13.9 Å². The average molecular weight is 344 g/mol. The maximum atomic E-state index is 13.3. The smallest absolute Gasteiger partial charge is 0.226 e. The van der Waals surface area contributed by atoms with Crippen molar-refractivity contribution in [3.8, 4) is 11.5 Å². The van der Waals surface area contributed by atoms with Crippen molar-refractivity contribution in [1.82, 2.24) is 10.3 Å². The highest BCUT2D eigenvalue weighted by atomic mass is 19.2. The highest BCUT2D eigenvalue weighted by Gasteiger charge is 2.13. The summed E-state index contributed by atoms with van der Waals surface area (Å²) in [5.41, 5.74) is 2.08. The minimum Gasteiger partial charge on any atom is -0.444 e. The molecule has 1 unspecified atom stereocenters. The van der Waals surface area contributed by atoms with Gasteiger partial charge in [0.1, 0.15) is 6.26 Å². The maximum Gasteiger partial charge on any atom is 0.226 e. The van der Waals surface area contributed by atoms with E-state index in [1.54, 1.807) is 0 Å². The van der Waals surface area contributed by atoms with Gasteiger partial charge in [-0.3, -0.25) is 0 Å². The van der Waals surface area contributed by atoms with E-state index in [2.05, 4.69) is 10.3 Å². The number of rotatable bonds is 7. The third-order valence-corrected chi connectivity index (χ3v) is 3.87. The fraction of sp³-hybridized carbons (Fsp3) is 0.211. The molecule has 2 N–H and O–H groups in total. The number of hydrogen-bond acceptors (Lipinski definition) is 4. The summed E-state index contributed by atoms with van der Waals surface area (Å²) < 4.78 is 31.7. The van der Waals surface area contributed by atoms with Crippen LogP contribution in [0.1, 0.15) is 23.7 Å². The molecule has 3 aromatic rings. The number of nitrogens with zero attached hydrogens (tertiary/aromatic N) is 1. The zero-order chi connectivity index (χ0) is 17.6. The van der Waals surface area contributed by atoms with E-state index in [0.717, 1.165) is 17.7 Å². The number of oxazole rings is 1. The predicted molar refractivity (Wildman–Crippen MR) is 89.6 cm³/mol. The summed E-state index contributed by atoms with van der Waals surface area (Å²) in [6.45, 7) is 0.484. The lowest BCUT2D eigenvalue weighted by molar-refractivity contribution is 0.265. The molecule has 0 aliphatic heterocycles. The quantitative estimate of drug-likeness (QED) is 0.684. The number of aromatic nitrogens is 1. The summed E-state index contributed by atoms with van der Waals surface area (Å²) in [5.74, 6) is -1.62. The molecule has 0 amide bonds. The van der Waals surface area contributed by atoms with Crippen LogP contribution in [0.15, 0.2) is 59.2 Å². The monoisotopic (exact) mass is 344 g/mol. The van der Waals surface area contributed by atoms with Gasteiger partial charge in [-0.1, -0.05) is 30.3 Å². The number of aliphatic hydroxyl groups excluding tert-OH is 1. The summed E-state index contributed by atoms with van der Waals surface area (Å²) in [7, 11) is 0. The van der Waals surface area contributed by atoms with Gasteiger partial charge in [-0.2, -0.15) is 0 Å². The Hall–Kier alpha value is -2.57. The van der Waals surface area contributed by atoms with Gasteiger partial charge in [0.05, 0.1) is 5.69 Å². The molecule has 0 saturated carbocycles. The Balaban J connectivity index is 1.69. The lowest BCUT2D eigenvalue weighted by Gasteiger charge is -2.17. The van der Waals surface area contributed by atoms with Crippen LogP contribution < -0.4 is 5.32 Å². The van der Waals surface area contributed by atoms with Crippen molar-refractivity contribution < 1.29 is 18.3 Å². The SMILES string of the molecule is OCCC(NCc1coc(-c2ccc(F)c(F)c2)n1)c1ccccc1. The van der Waals surface area contributed by atoms with Gasteiger partial charge in [0.2, 0.25) is 5.89 Å². The Labute approximate surface area is 144 Å². The van der Waals surface area contributed by atoms with Gasteiger partial charge in [0, 0.05) is 24.8 Å². The molecule has 130 valence electrons. The number of halogens is 2. The Morgan fingerprint density at radius 1 is 1.08 bits per heavy atom. The second-order valence-corrected chi connectivity index (χ2v) is 5.63. The third kappa shape index (κ3) is 4.29. The van der Waals surface area contributed by atoms with E-state index in [0.29, 0.717) is 24.2 Å². The van der Waals surface area contributed by atoms with Crippen LogP contribution in [0.5, 0.6) is 0 Å². The molecule has 6 heteroatoms. The first kappa shape index (κ1) is 17.3. The lowest BCUT2D eigenvalue weighted by Crippen LogP contribution is -2.22.